The molecule has 6 heteroatoms. The minimum atomic E-state index is -2.68. The monoisotopic (exact) mass is 1390 g/mol. The quantitative estimate of drug-likeness (QED) is 0.123. The smallest absolute Gasteiger partial charge is 0.268 e. The number of benzene rings is 9. The van der Waals surface area contributed by atoms with Gasteiger partial charge in [-0.25, -0.2) is 4.98 Å². The number of rotatable bonds is 6. The summed E-state index contributed by atoms with van der Waals surface area (Å²) in [6, 6.07) is 64.3. The Bertz CT molecular complexity index is 5160. The molecule has 0 amide bonds. The SMILES string of the molecule is [2H]C([2H])([2H])c1cccc(C([2H])([2H])[2H])c1-c1cc(-c2cc(C(C)(C)C)cc(C(C)(C)C)c2)c2c(c1)-c1cc3c(cc1-c1ccccc1-c1cc(C(C)(C)C)cc4c1[n+]-2[c-]n4-c1[c-]c(Oc2[c-]c4c(cc2)c2ccccc2n4-c2cc(C(C)(C)C)ccn2)ccc1)C(C)(C)CCC3(C)C.[Pt]. The Morgan fingerprint density at radius 1 is 0.489 bits per heavy atom. The number of hydrogen-bond donors (Lipinski definition) is 0. The first-order valence-electron chi connectivity index (χ1n) is 35.3. The van der Waals surface area contributed by atoms with Crippen molar-refractivity contribution >= 4 is 32.8 Å². The van der Waals surface area contributed by atoms with Gasteiger partial charge in [0.15, 0.2) is 0 Å². The minimum absolute atomic E-state index is 0. The van der Waals surface area contributed by atoms with E-state index < -0.39 is 13.7 Å². The molecule has 1 aliphatic carbocycles. The van der Waals surface area contributed by atoms with E-state index in [0.717, 1.165) is 118 Å². The van der Waals surface area contributed by atoms with E-state index >= 15 is 0 Å². The molecule has 0 fully saturated rings. The molecule has 0 radical (unpaired) electrons. The van der Waals surface area contributed by atoms with Gasteiger partial charge in [0.25, 0.3) is 6.33 Å². The molecule has 0 spiro atoms. The molecule has 0 saturated heterocycles. The van der Waals surface area contributed by atoms with Gasteiger partial charge in [-0.15, -0.1) is 29.7 Å². The molecular weight excluding hydrogens is 1300 g/mol. The fourth-order valence-corrected chi connectivity index (χ4v) is 14.1. The summed E-state index contributed by atoms with van der Waals surface area (Å²) < 4.78 is 68.5. The molecule has 0 N–H and O–H groups in total. The average molecular weight is 1390 g/mol. The Morgan fingerprint density at radius 2 is 1.07 bits per heavy atom. The zero-order valence-corrected chi connectivity index (χ0v) is 58.4. The molecule has 9 aromatic carbocycles. The van der Waals surface area contributed by atoms with Crippen LogP contribution in [0.3, 0.4) is 0 Å². The number of para-hydroxylation sites is 1. The number of imidazole rings is 1. The van der Waals surface area contributed by atoms with Crippen molar-refractivity contribution in [2.75, 3.05) is 0 Å². The first-order valence-corrected chi connectivity index (χ1v) is 32.3. The van der Waals surface area contributed by atoms with Crippen LogP contribution in [-0.2, 0) is 53.6 Å². The van der Waals surface area contributed by atoms with Crippen LogP contribution < -0.4 is 9.30 Å². The normalized spacial score (nSPS) is 15.7. The summed E-state index contributed by atoms with van der Waals surface area (Å²) in [5.74, 6) is 1.79. The minimum Gasteiger partial charge on any atom is -0.510 e. The predicted octanol–water partition coefficient (Wildman–Crippen LogP) is 22.4. The first-order chi connectivity index (χ1) is 45.3. The number of hydrogen-bond acceptors (Lipinski definition) is 2. The fraction of sp³-hybridized carbons (Fsp3) is 0.302. The molecule has 92 heavy (non-hydrogen) atoms. The topological polar surface area (TPSA) is 35.9 Å². The molecule has 2 aliphatic rings. The van der Waals surface area contributed by atoms with Crippen molar-refractivity contribution in [3.63, 3.8) is 0 Å². The Morgan fingerprint density at radius 3 is 1.71 bits per heavy atom. The number of fused-ring (bicyclic) bond motifs is 11. The van der Waals surface area contributed by atoms with Gasteiger partial charge in [-0.05, 0) is 213 Å². The van der Waals surface area contributed by atoms with Gasteiger partial charge in [0.2, 0.25) is 0 Å². The van der Waals surface area contributed by atoms with Crippen LogP contribution >= 0.6 is 0 Å². The molecular formula is C86H86N4OPt-2. The summed E-state index contributed by atoms with van der Waals surface area (Å²) in [4.78, 5) is 4.94. The molecule has 1 aliphatic heterocycles. The van der Waals surface area contributed by atoms with Crippen LogP contribution in [0.4, 0.5) is 0 Å². The third kappa shape index (κ3) is 10.7. The molecule has 0 unspecified atom stereocenters. The number of ether oxygens (including phenoxy) is 1. The second kappa shape index (κ2) is 22.0. The van der Waals surface area contributed by atoms with Gasteiger partial charge in [0.05, 0.1) is 16.7 Å². The van der Waals surface area contributed by atoms with Crippen LogP contribution in [-0.4, -0.2) is 14.1 Å². The van der Waals surface area contributed by atoms with Gasteiger partial charge >= 0.3 is 0 Å². The standard InChI is InChI=1S/C86H86N4O.Pt/c1-52-25-23-26-53(2)78(52)55-41-67(54-39-57(82(6,7)8)43-58(40-54)83(9,10)11)79-70(42-55)69-50-73-72(85(15,16)36-37-86(73,17)18)49-68(69)63-29-19-20-30-64(63)71-44-59(84(12,13)14)45-76-80(71)89(79)51-88(76)60-27-24-28-61(47-60)91-62-33-34-66-65-31-21-22-32-74(65)90(75(66)48-62)77-46-56(35-38-87-77)81(3,4)5;/h19-35,38-46,49-50H,36-37H2,1-18H3;/q-2;/i1D3,2D3;. The number of aromatic nitrogens is 4. The molecule has 12 aromatic rings. The maximum atomic E-state index is 9.16. The van der Waals surface area contributed by atoms with E-state index in [-0.39, 0.29) is 70.2 Å². The molecule has 468 valence electrons. The Balaban J connectivity index is 0.00000864. The Hall–Kier alpha value is -8.11. The molecule has 14 rings (SSSR count). The van der Waals surface area contributed by atoms with Crippen molar-refractivity contribution < 1.29 is 38.6 Å². The van der Waals surface area contributed by atoms with E-state index in [1.807, 2.05) is 24.4 Å². The number of nitrogens with zero attached hydrogens (tertiary/aromatic N) is 4. The van der Waals surface area contributed by atoms with Crippen LogP contribution in [0.25, 0.3) is 106 Å². The van der Waals surface area contributed by atoms with E-state index in [1.54, 1.807) is 18.2 Å². The number of pyridine rings is 1. The average Bonchev–Trinajstić information content (AvgIpc) is 1.44. The van der Waals surface area contributed by atoms with Gasteiger partial charge in [-0.1, -0.05) is 207 Å². The third-order valence-corrected chi connectivity index (χ3v) is 19.7. The van der Waals surface area contributed by atoms with Gasteiger partial charge < -0.3 is 13.9 Å². The van der Waals surface area contributed by atoms with Crippen molar-refractivity contribution in [1.82, 2.24) is 14.1 Å². The zero-order chi connectivity index (χ0) is 69.2. The Kier molecular flexibility index (Phi) is 13.3. The Labute approximate surface area is 569 Å². The molecule has 0 saturated carbocycles. The maximum Gasteiger partial charge on any atom is 0.268 e. The maximum absolute atomic E-state index is 9.16. The van der Waals surface area contributed by atoms with Gasteiger partial charge in [-0.2, -0.15) is 18.2 Å². The van der Waals surface area contributed by atoms with Crippen LogP contribution in [0.5, 0.6) is 11.5 Å². The van der Waals surface area contributed by atoms with Crippen LogP contribution in [0.1, 0.15) is 176 Å². The van der Waals surface area contributed by atoms with Crippen molar-refractivity contribution in [1.29, 1.82) is 0 Å². The fourth-order valence-electron chi connectivity index (χ4n) is 14.1. The molecule has 0 atom stereocenters. The second-order valence-electron chi connectivity index (χ2n) is 31.2. The summed E-state index contributed by atoms with van der Waals surface area (Å²) in [5, 5.41) is 2.12. The van der Waals surface area contributed by atoms with Gasteiger partial charge in [0, 0.05) is 52.5 Å². The van der Waals surface area contributed by atoms with Crippen LogP contribution in [0.15, 0.2) is 170 Å². The van der Waals surface area contributed by atoms with E-state index in [1.165, 1.54) is 16.7 Å². The second-order valence-corrected chi connectivity index (χ2v) is 31.2. The number of aryl methyl sites for hydroxylation is 2. The van der Waals surface area contributed by atoms with Crippen LogP contribution in [0, 0.1) is 32.2 Å². The molecule has 5 nitrogen and oxygen atoms in total. The van der Waals surface area contributed by atoms with E-state index in [9.17, 15) is 0 Å². The summed E-state index contributed by atoms with van der Waals surface area (Å²) in [6.07, 6.45) is 7.94. The van der Waals surface area contributed by atoms with Crippen molar-refractivity contribution in [2.45, 2.75) is 170 Å². The molecule has 3 aromatic heterocycles. The summed E-state index contributed by atoms with van der Waals surface area (Å²) in [6.45, 7) is 30.9. The van der Waals surface area contributed by atoms with Gasteiger partial charge in [0.1, 0.15) is 5.82 Å². The van der Waals surface area contributed by atoms with Crippen molar-refractivity contribution in [3.05, 3.63) is 233 Å². The third-order valence-electron chi connectivity index (χ3n) is 19.7. The zero-order valence-electron chi connectivity index (χ0n) is 62.1. The van der Waals surface area contributed by atoms with E-state index in [0.29, 0.717) is 22.7 Å². The van der Waals surface area contributed by atoms with E-state index in [2.05, 4.69) is 270 Å². The summed E-state index contributed by atoms with van der Waals surface area (Å²) in [7, 11) is 0. The van der Waals surface area contributed by atoms with E-state index in [4.69, 9.17) is 17.9 Å². The summed E-state index contributed by atoms with van der Waals surface area (Å²) >= 11 is 0. The van der Waals surface area contributed by atoms with Crippen molar-refractivity contribution in [2.24, 2.45) is 0 Å². The molecule has 0 bridgehead atoms. The van der Waals surface area contributed by atoms with Crippen LogP contribution in [0.2, 0.25) is 0 Å². The van der Waals surface area contributed by atoms with Crippen molar-refractivity contribution in [3.8, 4) is 84.3 Å². The van der Waals surface area contributed by atoms with Gasteiger partial charge in [-0.3, -0.25) is 4.57 Å². The summed E-state index contributed by atoms with van der Waals surface area (Å²) in [5.41, 5.74) is 18.9. The largest absolute Gasteiger partial charge is 0.510 e. The first kappa shape index (κ1) is 55.5. The predicted molar refractivity (Wildman–Crippen MR) is 380 cm³/mol. The molecule has 4 heterocycles.